The van der Waals surface area contributed by atoms with Gasteiger partial charge in [-0.2, -0.15) is 18.3 Å². The highest BCUT2D eigenvalue weighted by Gasteiger charge is 2.39. The van der Waals surface area contributed by atoms with Gasteiger partial charge in [-0.1, -0.05) is 6.92 Å². The number of carbonyl (C=O) groups is 1. The summed E-state index contributed by atoms with van der Waals surface area (Å²) in [6, 6.07) is 10.3. The number of carbonyl (C=O) groups excluding carboxylic acids is 1. The molecule has 0 aliphatic carbocycles. The third-order valence-electron chi connectivity index (χ3n) is 10.0. The quantitative estimate of drug-likeness (QED) is 0.236. The molecule has 1 amide bonds. The highest BCUT2D eigenvalue weighted by molar-refractivity contribution is 6.14. The van der Waals surface area contributed by atoms with Crippen molar-refractivity contribution in [3.05, 3.63) is 89.4 Å². The Morgan fingerprint density at radius 3 is 2.43 bits per heavy atom. The molecule has 3 aliphatic heterocycles. The molecule has 254 valence electrons. The van der Waals surface area contributed by atoms with Gasteiger partial charge in [0.15, 0.2) is 5.69 Å². The van der Waals surface area contributed by atoms with Crippen LogP contribution in [-0.4, -0.2) is 87.1 Å². The van der Waals surface area contributed by atoms with Gasteiger partial charge in [0.25, 0.3) is 5.91 Å². The second kappa shape index (κ2) is 12.3. The lowest BCUT2D eigenvalue weighted by Crippen LogP contribution is -2.56. The highest BCUT2D eigenvalue weighted by Crippen LogP contribution is 2.42. The first-order valence-corrected chi connectivity index (χ1v) is 16.7. The number of aryl methyl sites for hydroxylation is 2. The lowest BCUT2D eigenvalue weighted by Gasteiger charge is -2.43. The predicted molar refractivity (Wildman–Crippen MR) is 180 cm³/mol. The minimum Gasteiger partial charge on any atom is -0.378 e. The number of anilines is 2. The van der Waals surface area contributed by atoms with E-state index in [0.717, 1.165) is 73.7 Å². The first kappa shape index (κ1) is 31.5. The minimum atomic E-state index is -4.66. The van der Waals surface area contributed by atoms with Crippen molar-refractivity contribution in [2.75, 3.05) is 55.7 Å². The van der Waals surface area contributed by atoms with Gasteiger partial charge >= 0.3 is 6.18 Å². The van der Waals surface area contributed by atoms with Gasteiger partial charge in [0, 0.05) is 87.6 Å². The first-order chi connectivity index (χ1) is 23.7. The van der Waals surface area contributed by atoms with Crippen LogP contribution < -0.4 is 9.80 Å². The molecule has 2 aromatic carbocycles. The molecule has 2 saturated heterocycles. The molecule has 0 N–H and O–H groups in total. The molecule has 5 aromatic rings. The Bertz CT molecular complexity index is 2030. The van der Waals surface area contributed by atoms with E-state index in [1.165, 1.54) is 17.9 Å². The van der Waals surface area contributed by atoms with Crippen molar-refractivity contribution < 1.29 is 22.7 Å². The van der Waals surface area contributed by atoms with Crippen LogP contribution in [0.1, 0.15) is 39.7 Å². The number of nitrogens with zero attached hydrogens (tertiary/aromatic N) is 8. The average molecular weight is 671 g/mol. The Hall–Kier alpha value is -4.75. The van der Waals surface area contributed by atoms with E-state index in [-0.39, 0.29) is 11.5 Å². The lowest BCUT2D eigenvalue weighted by atomic mass is 9.87. The maximum atomic E-state index is 14.6. The van der Waals surface area contributed by atoms with Crippen LogP contribution in [0.25, 0.3) is 22.0 Å². The van der Waals surface area contributed by atoms with E-state index in [2.05, 4.69) is 38.9 Å². The molecule has 3 aromatic heterocycles. The number of hydrogen-bond acceptors (Lipinski definition) is 7. The van der Waals surface area contributed by atoms with Crippen molar-refractivity contribution in [2.24, 2.45) is 7.05 Å². The van der Waals surface area contributed by atoms with Crippen molar-refractivity contribution in [3.8, 4) is 11.1 Å². The largest absolute Gasteiger partial charge is 0.435 e. The number of halogens is 3. The molecule has 2 fully saturated rings. The van der Waals surface area contributed by atoms with Gasteiger partial charge in [-0.3, -0.25) is 19.4 Å². The van der Waals surface area contributed by atoms with Crippen LogP contribution in [0.3, 0.4) is 0 Å². The highest BCUT2D eigenvalue weighted by atomic mass is 19.4. The number of alkyl halides is 3. The zero-order valence-electron chi connectivity index (χ0n) is 27.5. The van der Waals surface area contributed by atoms with E-state index >= 15 is 0 Å². The number of rotatable bonds is 7. The fraction of sp³-hybridized carbons (Fsp3) is 0.389. The summed E-state index contributed by atoms with van der Waals surface area (Å²) in [5, 5.41) is 4.67. The van der Waals surface area contributed by atoms with Crippen molar-refractivity contribution >= 4 is 28.2 Å². The van der Waals surface area contributed by atoms with Gasteiger partial charge < -0.3 is 19.1 Å². The van der Waals surface area contributed by atoms with Gasteiger partial charge in [0.05, 0.1) is 42.5 Å². The summed E-state index contributed by atoms with van der Waals surface area (Å²) in [7, 11) is 1.48. The molecule has 0 spiro atoms. The van der Waals surface area contributed by atoms with Crippen molar-refractivity contribution in [2.45, 2.75) is 38.5 Å². The van der Waals surface area contributed by atoms with Gasteiger partial charge in [0.2, 0.25) is 0 Å². The Balaban J connectivity index is 1.20. The van der Waals surface area contributed by atoms with Crippen LogP contribution in [-0.2, 0) is 37.3 Å². The first-order valence-electron chi connectivity index (χ1n) is 16.7. The number of aromatic nitrogens is 5. The molecule has 6 heterocycles. The molecule has 0 atom stereocenters. The molecule has 13 heteroatoms. The van der Waals surface area contributed by atoms with E-state index in [4.69, 9.17) is 9.72 Å². The summed E-state index contributed by atoms with van der Waals surface area (Å²) in [5.41, 5.74) is 4.87. The number of benzene rings is 2. The Morgan fingerprint density at radius 1 is 0.939 bits per heavy atom. The van der Waals surface area contributed by atoms with Gasteiger partial charge in [-0.05, 0) is 65.4 Å². The third-order valence-corrected chi connectivity index (χ3v) is 10.0. The molecule has 0 saturated carbocycles. The number of pyridine rings is 1. The van der Waals surface area contributed by atoms with Crippen LogP contribution >= 0.6 is 0 Å². The summed E-state index contributed by atoms with van der Waals surface area (Å²) < 4.78 is 51.1. The second-order valence-corrected chi connectivity index (χ2v) is 13.1. The van der Waals surface area contributed by atoms with Crippen LogP contribution in [0, 0.1) is 0 Å². The molecule has 49 heavy (non-hydrogen) atoms. The topological polar surface area (TPSA) is 84.6 Å². The summed E-state index contributed by atoms with van der Waals surface area (Å²) in [6.07, 6.45) is 4.76. The zero-order valence-corrected chi connectivity index (χ0v) is 27.5. The summed E-state index contributed by atoms with van der Waals surface area (Å²) in [5.74, 6) is -0.250. The Labute approximate surface area is 281 Å². The molecule has 0 radical (unpaired) electrons. The number of hydrogen-bond donors (Lipinski definition) is 0. The predicted octanol–water partition coefficient (Wildman–Crippen LogP) is 5.19. The molecule has 3 aliphatic rings. The van der Waals surface area contributed by atoms with Crippen LogP contribution in [0.4, 0.5) is 24.5 Å². The minimum absolute atomic E-state index is 0.0310. The van der Waals surface area contributed by atoms with Gasteiger partial charge in [0.1, 0.15) is 0 Å². The molecular weight excluding hydrogens is 633 g/mol. The Morgan fingerprint density at radius 2 is 1.73 bits per heavy atom. The fourth-order valence-electron chi connectivity index (χ4n) is 7.43. The van der Waals surface area contributed by atoms with Crippen molar-refractivity contribution in [1.29, 1.82) is 0 Å². The van der Waals surface area contributed by atoms with Crippen molar-refractivity contribution in [1.82, 2.24) is 29.2 Å². The van der Waals surface area contributed by atoms with E-state index in [1.54, 1.807) is 35.9 Å². The van der Waals surface area contributed by atoms with Crippen LogP contribution in [0.2, 0.25) is 0 Å². The summed E-state index contributed by atoms with van der Waals surface area (Å²) in [6.45, 7) is 8.01. The standard InChI is InChI=1S/C36H37F3N8O2/c1-3-23-14-29-31(4-6-41-33(29)32(17-23)46-12-10-45(11-13-46)25-20-49-21-25)47-8-5-26-27(30-19-43(2)42-34(30)36(37,38)39)15-24(16-28(26)35(47)48)18-44-9-7-40-22-44/h4,6-7,9,14-17,19,22,25H,3,5,8,10-13,18,20-21H2,1-2H3. The molecule has 10 nitrogen and oxygen atoms in total. The van der Waals surface area contributed by atoms with E-state index in [1.807, 2.05) is 16.7 Å². The fourth-order valence-corrected chi connectivity index (χ4v) is 7.43. The Kier molecular flexibility index (Phi) is 7.91. The second-order valence-electron chi connectivity index (χ2n) is 13.1. The van der Waals surface area contributed by atoms with Crippen LogP contribution in [0.5, 0.6) is 0 Å². The number of piperazine rings is 1. The molecule has 0 bridgehead atoms. The number of fused-ring (bicyclic) bond motifs is 2. The van der Waals surface area contributed by atoms with E-state index in [0.29, 0.717) is 47.8 Å². The molecule has 8 rings (SSSR count). The smallest absolute Gasteiger partial charge is 0.378 e. The average Bonchev–Trinajstić information content (AvgIpc) is 3.73. The zero-order chi connectivity index (χ0) is 33.9. The van der Waals surface area contributed by atoms with Crippen molar-refractivity contribution in [3.63, 3.8) is 0 Å². The lowest BCUT2D eigenvalue weighted by molar-refractivity contribution is -0.141. The normalized spacial score (nSPS) is 17.5. The SMILES string of the molecule is CCc1cc(N2CCN(C3COC3)CC2)c2nccc(N3CCc4c(cc(Cn5ccnc5)cc4-c4cn(C)nc4C(F)(F)F)C3=O)c2c1. The molecule has 0 unspecified atom stereocenters. The van der Waals surface area contributed by atoms with E-state index < -0.39 is 11.9 Å². The maximum absolute atomic E-state index is 14.6. The third kappa shape index (κ3) is 5.74. The number of amides is 1. The van der Waals surface area contributed by atoms with Crippen LogP contribution in [0.15, 0.2) is 61.4 Å². The monoisotopic (exact) mass is 670 g/mol. The summed E-state index contributed by atoms with van der Waals surface area (Å²) in [4.78, 5) is 30.2. The molecular formula is C36H37F3N8O2. The number of ether oxygens (including phenoxy) is 1. The van der Waals surface area contributed by atoms with Gasteiger partial charge in [-0.25, -0.2) is 4.98 Å². The maximum Gasteiger partial charge on any atom is 0.435 e. The summed E-state index contributed by atoms with van der Waals surface area (Å²) >= 11 is 0. The van der Waals surface area contributed by atoms with Gasteiger partial charge in [-0.15, -0.1) is 0 Å². The number of imidazole rings is 1. The van der Waals surface area contributed by atoms with E-state index in [9.17, 15) is 18.0 Å².